The van der Waals surface area contributed by atoms with Crippen molar-refractivity contribution in [3.63, 3.8) is 0 Å². The molecule has 0 amide bonds. The molecule has 0 radical (unpaired) electrons. The van der Waals surface area contributed by atoms with Crippen LogP contribution in [-0.2, 0) is 0 Å². The van der Waals surface area contributed by atoms with Crippen molar-refractivity contribution >= 4 is 0 Å². The molecule has 1 unspecified atom stereocenters. The first-order valence-corrected chi connectivity index (χ1v) is 6.11. The Morgan fingerprint density at radius 1 is 1.10 bits per heavy atom. The zero-order chi connectivity index (χ0) is 15.3. The van der Waals surface area contributed by atoms with E-state index in [0.29, 0.717) is 5.56 Å². The zero-order valence-corrected chi connectivity index (χ0v) is 10.9. The molecule has 2 aromatic rings. The lowest BCUT2D eigenvalue weighted by Crippen LogP contribution is -2.21. The van der Waals surface area contributed by atoms with Crippen LogP contribution in [0.1, 0.15) is 11.7 Å². The van der Waals surface area contributed by atoms with Crippen molar-refractivity contribution in [3.05, 3.63) is 54.4 Å². The molecule has 7 heteroatoms. The Morgan fingerprint density at radius 2 is 1.81 bits per heavy atom. The van der Waals surface area contributed by atoms with Crippen LogP contribution in [0.2, 0.25) is 0 Å². The Labute approximate surface area is 119 Å². The van der Waals surface area contributed by atoms with Crippen LogP contribution >= 0.6 is 0 Å². The first-order chi connectivity index (χ1) is 9.99. The zero-order valence-electron chi connectivity index (χ0n) is 10.9. The van der Waals surface area contributed by atoms with Crippen molar-refractivity contribution in [1.82, 2.24) is 4.98 Å². The molecule has 0 bridgehead atoms. The van der Waals surface area contributed by atoms with E-state index in [4.69, 9.17) is 10.5 Å². The highest BCUT2D eigenvalue weighted by Gasteiger charge is 2.32. The van der Waals surface area contributed by atoms with Gasteiger partial charge in [-0.1, -0.05) is 18.2 Å². The van der Waals surface area contributed by atoms with Gasteiger partial charge < -0.3 is 15.2 Å². The molecular weight excluding hydrogens is 285 g/mol. The summed E-state index contributed by atoms with van der Waals surface area (Å²) >= 11 is 0. The van der Waals surface area contributed by atoms with E-state index < -0.39 is 18.2 Å². The number of pyridine rings is 1. The summed E-state index contributed by atoms with van der Waals surface area (Å²) in [6.45, 7) is 0.0893. The lowest BCUT2D eigenvalue weighted by molar-refractivity contribution is -0.275. The molecule has 0 spiro atoms. The van der Waals surface area contributed by atoms with Crippen LogP contribution in [-0.4, -0.2) is 17.9 Å². The first-order valence-electron chi connectivity index (χ1n) is 6.11. The van der Waals surface area contributed by atoms with Crippen molar-refractivity contribution in [3.8, 4) is 11.5 Å². The van der Waals surface area contributed by atoms with Crippen LogP contribution in [0, 0.1) is 0 Å². The average molecular weight is 298 g/mol. The summed E-state index contributed by atoms with van der Waals surface area (Å²) in [7, 11) is 0. The summed E-state index contributed by atoms with van der Waals surface area (Å²) in [5.41, 5.74) is 6.28. The van der Waals surface area contributed by atoms with Crippen LogP contribution in [0.5, 0.6) is 11.5 Å². The summed E-state index contributed by atoms with van der Waals surface area (Å²) < 4.78 is 46.5. The highest BCUT2D eigenvalue weighted by Crippen LogP contribution is 2.34. The molecule has 0 saturated heterocycles. The quantitative estimate of drug-likeness (QED) is 0.921. The van der Waals surface area contributed by atoms with Gasteiger partial charge in [0.15, 0.2) is 11.5 Å². The molecule has 2 rings (SSSR count). The van der Waals surface area contributed by atoms with E-state index in [1.807, 2.05) is 0 Å². The van der Waals surface area contributed by atoms with E-state index in [1.54, 1.807) is 30.6 Å². The minimum Gasteiger partial charge on any atom is -0.480 e. The van der Waals surface area contributed by atoms with E-state index in [-0.39, 0.29) is 12.3 Å². The van der Waals surface area contributed by atoms with E-state index in [2.05, 4.69) is 9.72 Å². The van der Waals surface area contributed by atoms with E-state index in [0.717, 1.165) is 0 Å². The minimum atomic E-state index is -4.79. The molecule has 1 heterocycles. The monoisotopic (exact) mass is 298 g/mol. The Balaban J connectivity index is 2.22. The van der Waals surface area contributed by atoms with Gasteiger partial charge in [0.1, 0.15) is 6.10 Å². The predicted octanol–water partition coefficient (Wildman–Crippen LogP) is 3.06. The summed E-state index contributed by atoms with van der Waals surface area (Å²) in [4.78, 5) is 3.93. The van der Waals surface area contributed by atoms with Crippen molar-refractivity contribution in [1.29, 1.82) is 0 Å². The van der Waals surface area contributed by atoms with Gasteiger partial charge in [0, 0.05) is 24.5 Å². The Hall–Kier alpha value is -2.28. The molecule has 1 aromatic heterocycles. The van der Waals surface area contributed by atoms with Gasteiger partial charge in [-0.05, 0) is 18.2 Å². The molecule has 0 aliphatic carbocycles. The maximum Gasteiger partial charge on any atom is 0.573 e. The second kappa shape index (κ2) is 6.45. The number of halogens is 3. The number of rotatable bonds is 5. The number of nitrogens with two attached hydrogens (primary N) is 1. The summed E-state index contributed by atoms with van der Waals surface area (Å²) in [6.07, 6.45) is -2.27. The van der Waals surface area contributed by atoms with Crippen molar-refractivity contribution in [2.45, 2.75) is 12.5 Å². The summed E-state index contributed by atoms with van der Waals surface area (Å²) in [6, 6.07) is 8.97. The second-order valence-corrected chi connectivity index (χ2v) is 4.12. The Morgan fingerprint density at radius 3 is 2.38 bits per heavy atom. The van der Waals surface area contributed by atoms with Crippen LogP contribution in [0.25, 0.3) is 0 Å². The molecule has 0 saturated carbocycles. The number of alkyl halides is 3. The fraction of sp³-hybridized carbons (Fsp3) is 0.214. The average Bonchev–Trinajstić information content (AvgIpc) is 2.45. The SMILES string of the molecule is NCC(Oc1ccccc1OC(F)(F)F)c1cccnc1. The summed E-state index contributed by atoms with van der Waals surface area (Å²) in [5.74, 6) is -0.443. The number of aromatic nitrogens is 1. The predicted molar refractivity (Wildman–Crippen MR) is 69.8 cm³/mol. The molecule has 0 aliphatic rings. The highest BCUT2D eigenvalue weighted by molar-refractivity contribution is 5.40. The largest absolute Gasteiger partial charge is 0.573 e. The van der Waals surface area contributed by atoms with Crippen LogP contribution in [0.3, 0.4) is 0 Å². The number of para-hydroxylation sites is 2. The molecule has 112 valence electrons. The first kappa shape index (κ1) is 15.1. The van der Waals surface area contributed by atoms with Gasteiger partial charge in [0.25, 0.3) is 0 Å². The summed E-state index contributed by atoms with van der Waals surface area (Å²) in [5, 5.41) is 0. The van der Waals surface area contributed by atoms with Crippen molar-refractivity contribution < 1.29 is 22.6 Å². The Kier molecular flexibility index (Phi) is 4.64. The van der Waals surface area contributed by atoms with E-state index in [9.17, 15) is 13.2 Å². The molecule has 0 aliphatic heterocycles. The van der Waals surface area contributed by atoms with Crippen LogP contribution < -0.4 is 15.2 Å². The number of benzene rings is 1. The number of hydrogen-bond donors (Lipinski definition) is 1. The smallest absolute Gasteiger partial charge is 0.480 e. The maximum atomic E-state index is 12.4. The van der Waals surface area contributed by atoms with Crippen molar-refractivity contribution in [2.75, 3.05) is 6.54 Å². The normalized spacial score (nSPS) is 12.8. The van der Waals surface area contributed by atoms with Crippen LogP contribution in [0.15, 0.2) is 48.8 Å². The molecule has 2 N–H and O–H groups in total. The lowest BCUT2D eigenvalue weighted by Gasteiger charge is -2.20. The molecule has 4 nitrogen and oxygen atoms in total. The molecule has 21 heavy (non-hydrogen) atoms. The van der Waals surface area contributed by atoms with Crippen molar-refractivity contribution in [2.24, 2.45) is 5.73 Å². The maximum absolute atomic E-state index is 12.4. The minimum absolute atomic E-state index is 0.0332. The highest BCUT2D eigenvalue weighted by atomic mass is 19.4. The third-order valence-electron chi connectivity index (χ3n) is 2.61. The fourth-order valence-electron chi connectivity index (χ4n) is 1.73. The Bertz CT molecular complexity index is 576. The van der Waals surface area contributed by atoms with Gasteiger partial charge in [0.2, 0.25) is 0 Å². The van der Waals surface area contributed by atoms with E-state index in [1.165, 1.54) is 18.2 Å². The lowest BCUT2D eigenvalue weighted by atomic mass is 10.1. The van der Waals surface area contributed by atoms with Crippen LogP contribution in [0.4, 0.5) is 13.2 Å². The third-order valence-corrected chi connectivity index (χ3v) is 2.61. The molecule has 0 fully saturated rings. The third kappa shape index (κ3) is 4.35. The van der Waals surface area contributed by atoms with Gasteiger partial charge in [-0.3, -0.25) is 4.98 Å². The number of nitrogens with zero attached hydrogens (tertiary/aromatic N) is 1. The fourth-order valence-corrected chi connectivity index (χ4v) is 1.73. The molecular formula is C14H13F3N2O2. The molecule has 1 aromatic carbocycles. The number of hydrogen-bond acceptors (Lipinski definition) is 4. The van der Waals surface area contributed by atoms with Gasteiger partial charge in [-0.25, -0.2) is 0 Å². The second-order valence-electron chi connectivity index (χ2n) is 4.12. The standard InChI is InChI=1S/C14H13F3N2O2/c15-14(16,17)21-12-6-2-1-5-11(12)20-13(8-18)10-4-3-7-19-9-10/h1-7,9,13H,8,18H2. The van der Waals surface area contributed by atoms with Gasteiger partial charge in [-0.15, -0.1) is 13.2 Å². The number of ether oxygens (including phenoxy) is 2. The van der Waals surface area contributed by atoms with Gasteiger partial charge in [-0.2, -0.15) is 0 Å². The molecule has 1 atom stereocenters. The van der Waals surface area contributed by atoms with E-state index >= 15 is 0 Å². The van der Waals surface area contributed by atoms with Gasteiger partial charge in [0.05, 0.1) is 0 Å². The topological polar surface area (TPSA) is 57.4 Å². The van der Waals surface area contributed by atoms with Gasteiger partial charge >= 0.3 is 6.36 Å².